The minimum absolute atomic E-state index is 0. The molecule has 0 aliphatic carbocycles. The number of nitrogens with one attached hydrogen (secondary N) is 1. The van der Waals surface area contributed by atoms with Crippen LogP contribution in [0.1, 0.15) is 19.4 Å². The number of carbonyl (C=O) groups excluding carboxylic acids is 1. The van der Waals surface area contributed by atoms with Crippen LogP contribution < -0.4 is 11.1 Å². The van der Waals surface area contributed by atoms with Gasteiger partial charge >= 0.3 is 0 Å². The molecule has 0 atom stereocenters. The summed E-state index contributed by atoms with van der Waals surface area (Å²) >= 11 is 5.64. The summed E-state index contributed by atoms with van der Waals surface area (Å²) in [4.78, 5) is 11.7. The Labute approximate surface area is 117 Å². The molecule has 0 bridgehead atoms. The van der Waals surface area contributed by atoms with Crippen LogP contribution in [0.3, 0.4) is 0 Å². The number of benzene rings is 1. The Morgan fingerprint density at radius 3 is 2.61 bits per heavy atom. The van der Waals surface area contributed by atoms with E-state index in [2.05, 4.69) is 5.32 Å². The lowest BCUT2D eigenvalue weighted by atomic mass is 9.92. The van der Waals surface area contributed by atoms with E-state index in [1.807, 2.05) is 0 Å². The maximum atomic E-state index is 12.9. The quantitative estimate of drug-likeness (QED) is 0.896. The molecule has 0 fully saturated rings. The normalized spacial score (nSPS) is 10.7. The van der Waals surface area contributed by atoms with Crippen LogP contribution in [0.25, 0.3) is 0 Å². The number of carbonyl (C=O) groups is 1. The summed E-state index contributed by atoms with van der Waals surface area (Å²) in [7, 11) is 0. The summed E-state index contributed by atoms with van der Waals surface area (Å²) in [5, 5.41) is 2.79. The molecular weight excluding hydrogens is 278 g/mol. The van der Waals surface area contributed by atoms with Gasteiger partial charge in [-0.1, -0.05) is 17.7 Å². The third kappa shape index (κ3) is 4.44. The van der Waals surface area contributed by atoms with E-state index in [1.165, 1.54) is 12.1 Å². The topological polar surface area (TPSA) is 55.1 Å². The molecule has 0 radical (unpaired) electrons. The molecule has 0 saturated heterocycles. The molecule has 102 valence electrons. The highest BCUT2D eigenvalue weighted by atomic mass is 35.5. The van der Waals surface area contributed by atoms with Crippen molar-refractivity contribution in [1.82, 2.24) is 5.32 Å². The van der Waals surface area contributed by atoms with Crippen LogP contribution in [0.5, 0.6) is 0 Å². The molecule has 0 aliphatic heterocycles. The maximum absolute atomic E-state index is 12.9. The molecule has 0 heterocycles. The van der Waals surface area contributed by atoms with Crippen molar-refractivity contribution in [2.45, 2.75) is 20.4 Å². The minimum atomic E-state index is -0.607. The van der Waals surface area contributed by atoms with Crippen molar-refractivity contribution in [3.05, 3.63) is 34.6 Å². The molecule has 1 aromatic rings. The lowest BCUT2D eigenvalue weighted by Crippen LogP contribution is -2.41. The Balaban J connectivity index is 0.00000289. The van der Waals surface area contributed by atoms with Gasteiger partial charge in [-0.3, -0.25) is 4.79 Å². The van der Waals surface area contributed by atoms with Crippen LogP contribution in [0.4, 0.5) is 4.39 Å². The van der Waals surface area contributed by atoms with E-state index in [0.29, 0.717) is 6.54 Å². The van der Waals surface area contributed by atoms with Gasteiger partial charge in [0, 0.05) is 13.1 Å². The predicted molar refractivity (Wildman–Crippen MR) is 73.3 cm³/mol. The van der Waals surface area contributed by atoms with Gasteiger partial charge < -0.3 is 11.1 Å². The van der Waals surface area contributed by atoms with Crippen molar-refractivity contribution in [2.24, 2.45) is 11.1 Å². The van der Waals surface area contributed by atoms with Crippen molar-refractivity contribution < 1.29 is 9.18 Å². The van der Waals surface area contributed by atoms with Gasteiger partial charge in [0.2, 0.25) is 5.91 Å². The Morgan fingerprint density at radius 2 is 2.11 bits per heavy atom. The first-order chi connectivity index (χ1) is 7.86. The van der Waals surface area contributed by atoms with E-state index in [4.69, 9.17) is 17.3 Å². The second kappa shape index (κ2) is 6.92. The zero-order valence-corrected chi connectivity index (χ0v) is 11.9. The summed E-state index contributed by atoms with van der Waals surface area (Å²) in [6.07, 6.45) is 0. The first-order valence-electron chi connectivity index (χ1n) is 5.29. The molecule has 3 nitrogen and oxygen atoms in total. The number of hydrogen-bond donors (Lipinski definition) is 2. The van der Waals surface area contributed by atoms with Crippen LogP contribution in [0, 0.1) is 11.2 Å². The second-order valence-electron chi connectivity index (χ2n) is 4.52. The summed E-state index contributed by atoms with van der Waals surface area (Å²) in [5.74, 6) is -0.607. The first-order valence-corrected chi connectivity index (χ1v) is 5.67. The smallest absolute Gasteiger partial charge is 0.227 e. The highest BCUT2D eigenvalue weighted by molar-refractivity contribution is 6.30. The summed E-state index contributed by atoms with van der Waals surface area (Å²) in [6.45, 7) is 4.10. The second-order valence-corrected chi connectivity index (χ2v) is 4.93. The van der Waals surface area contributed by atoms with E-state index in [-0.39, 0.29) is 29.9 Å². The molecule has 0 spiro atoms. The third-order valence-corrected chi connectivity index (χ3v) is 2.85. The van der Waals surface area contributed by atoms with Crippen molar-refractivity contribution in [3.63, 3.8) is 0 Å². The summed E-state index contributed by atoms with van der Waals surface area (Å²) < 4.78 is 12.9. The van der Waals surface area contributed by atoms with Gasteiger partial charge in [-0.2, -0.15) is 0 Å². The van der Waals surface area contributed by atoms with Gasteiger partial charge in [0.25, 0.3) is 0 Å². The average molecular weight is 295 g/mol. The first kappa shape index (κ1) is 17.2. The van der Waals surface area contributed by atoms with Crippen molar-refractivity contribution in [3.8, 4) is 0 Å². The molecule has 0 saturated carbocycles. The number of nitrogens with two attached hydrogens (primary N) is 1. The van der Waals surface area contributed by atoms with Crippen molar-refractivity contribution in [1.29, 1.82) is 0 Å². The standard InChI is InChI=1S/C12H16ClFN2O.ClH/c1-12(2,7-15)11(17)16-6-8-3-4-10(14)9(13)5-8;/h3-5H,6-7,15H2,1-2H3,(H,16,17);1H. The summed E-state index contributed by atoms with van der Waals surface area (Å²) in [5.41, 5.74) is 5.63. The van der Waals surface area contributed by atoms with E-state index in [0.717, 1.165) is 5.56 Å². The van der Waals surface area contributed by atoms with Gasteiger partial charge in [0.05, 0.1) is 10.4 Å². The SMILES string of the molecule is CC(C)(CN)C(=O)NCc1ccc(F)c(Cl)c1.Cl. The van der Waals surface area contributed by atoms with E-state index in [9.17, 15) is 9.18 Å². The fraction of sp³-hybridized carbons (Fsp3) is 0.417. The number of rotatable bonds is 4. The molecule has 1 amide bonds. The minimum Gasteiger partial charge on any atom is -0.352 e. The molecule has 6 heteroatoms. The Kier molecular flexibility index (Phi) is 6.60. The highest BCUT2D eigenvalue weighted by Crippen LogP contribution is 2.17. The van der Waals surface area contributed by atoms with Crippen LogP contribution >= 0.6 is 24.0 Å². The average Bonchev–Trinajstić information content (AvgIpc) is 2.30. The van der Waals surface area contributed by atoms with Crippen LogP contribution in [-0.4, -0.2) is 12.5 Å². The largest absolute Gasteiger partial charge is 0.352 e. The third-order valence-electron chi connectivity index (χ3n) is 2.56. The number of halogens is 3. The zero-order chi connectivity index (χ0) is 13.1. The Hall–Kier alpha value is -0.840. The highest BCUT2D eigenvalue weighted by Gasteiger charge is 2.25. The van der Waals surface area contributed by atoms with Gasteiger partial charge in [-0.05, 0) is 31.5 Å². The van der Waals surface area contributed by atoms with Gasteiger partial charge in [0.15, 0.2) is 0 Å². The van der Waals surface area contributed by atoms with E-state index in [1.54, 1.807) is 19.9 Å². The molecule has 0 aliphatic rings. The summed E-state index contributed by atoms with van der Waals surface area (Å²) in [6, 6.07) is 4.35. The lowest BCUT2D eigenvalue weighted by molar-refractivity contribution is -0.129. The molecule has 3 N–H and O–H groups in total. The van der Waals surface area contributed by atoms with Gasteiger partial charge in [0.1, 0.15) is 5.82 Å². The molecule has 1 rings (SSSR count). The van der Waals surface area contributed by atoms with E-state index < -0.39 is 11.2 Å². The fourth-order valence-electron chi connectivity index (χ4n) is 1.16. The van der Waals surface area contributed by atoms with Gasteiger partial charge in [-0.25, -0.2) is 4.39 Å². The zero-order valence-electron chi connectivity index (χ0n) is 10.3. The predicted octanol–water partition coefficient (Wildman–Crippen LogP) is 2.50. The van der Waals surface area contributed by atoms with Crippen LogP contribution in [0.15, 0.2) is 18.2 Å². The molecule has 1 aromatic carbocycles. The molecule has 18 heavy (non-hydrogen) atoms. The van der Waals surface area contributed by atoms with Crippen molar-refractivity contribution >= 4 is 29.9 Å². The number of hydrogen-bond acceptors (Lipinski definition) is 2. The molecular formula is C12H17Cl2FN2O. The monoisotopic (exact) mass is 294 g/mol. The van der Waals surface area contributed by atoms with Gasteiger partial charge in [-0.15, -0.1) is 12.4 Å². The maximum Gasteiger partial charge on any atom is 0.227 e. The molecule has 0 unspecified atom stereocenters. The van der Waals surface area contributed by atoms with E-state index >= 15 is 0 Å². The Morgan fingerprint density at radius 1 is 1.50 bits per heavy atom. The lowest BCUT2D eigenvalue weighted by Gasteiger charge is -2.21. The molecule has 0 aromatic heterocycles. The van der Waals surface area contributed by atoms with Crippen molar-refractivity contribution in [2.75, 3.05) is 6.54 Å². The van der Waals surface area contributed by atoms with Crippen LogP contribution in [0.2, 0.25) is 5.02 Å². The number of amides is 1. The fourth-order valence-corrected chi connectivity index (χ4v) is 1.37. The van der Waals surface area contributed by atoms with Crippen LogP contribution in [-0.2, 0) is 11.3 Å². The Bertz CT molecular complexity index is 425.